The van der Waals surface area contributed by atoms with Gasteiger partial charge in [0.05, 0.1) is 13.2 Å². The van der Waals surface area contributed by atoms with Crippen LogP contribution in [0.2, 0.25) is 22.2 Å². The molecule has 2 aromatic rings. The lowest BCUT2D eigenvalue weighted by molar-refractivity contribution is -0.0600. The molecule has 0 aromatic carbocycles. The predicted octanol–water partition coefficient (Wildman–Crippen LogP) is -0.101. The van der Waals surface area contributed by atoms with Gasteiger partial charge in [-0.1, -0.05) is 55.4 Å². The number of hydrogen-bond donors (Lipinski definition) is 6. The second-order valence-corrected chi connectivity index (χ2v) is 22.7. The first kappa shape index (κ1) is 39.2. The van der Waals surface area contributed by atoms with Crippen LogP contribution in [0.1, 0.15) is 67.8 Å². The van der Waals surface area contributed by atoms with Gasteiger partial charge >= 0.3 is 28.5 Å². The van der Waals surface area contributed by atoms with Crippen molar-refractivity contribution in [3.8, 4) is 0 Å². The van der Waals surface area contributed by atoms with Gasteiger partial charge in [-0.25, -0.2) is 9.59 Å². The summed E-state index contributed by atoms with van der Waals surface area (Å²) >= 11 is 0. The molecule has 8 atom stereocenters. The van der Waals surface area contributed by atoms with Gasteiger partial charge in [0.2, 0.25) is 0 Å². The molecule has 0 bridgehead atoms. The lowest BCUT2D eigenvalue weighted by Crippen LogP contribution is -2.65. The van der Waals surface area contributed by atoms with Crippen LogP contribution in [0, 0.1) is 0 Å². The van der Waals surface area contributed by atoms with Crippen molar-refractivity contribution in [1.29, 1.82) is 0 Å². The number of H-pyrrole nitrogens is 2. The summed E-state index contributed by atoms with van der Waals surface area (Å²) in [5.41, 5.74) is -1.88. The lowest BCUT2D eigenvalue weighted by Gasteiger charge is -2.51. The minimum Gasteiger partial charge on any atom is -0.414 e. The van der Waals surface area contributed by atoms with E-state index in [-0.39, 0.29) is 28.8 Å². The Kier molecular flexibility index (Phi) is 12.3. The third kappa shape index (κ3) is 7.57. The quantitative estimate of drug-likeness (QED) is 0.205. The molecule has 0 saturated carbocycles. The molecule has 3 saturated heterocycles. The van der Waals surface area contributed by atoms with Crippen LogP contribution in [0.15, 0.2) is 43.7 Å². The Morgan fingerprint density at radius 2 is 1.20 bits per heavy atom. The molecule has 276 valence electrons. The second kappa shape index (κ2) is 15.4. The minimum atomic E-state index is -2.91. The highest BCUT2D eigenvalue weighted by Crippen LogP contribution is 2.48. The van der Waals surface area contributed by atoms with Crippen molar-refractivity contribution in [2.75, 3.05) is 13.2 Å². The Morgan fingerprint density at radius 3 is 1.61 bits per heavy atom. The van der Waals surface area contributed by atoms with Gasteiger partial charge in [-0.15, -0.1) is 0 Å². The van der Waals surface area contributed by atoms with E-state index >= 15 is 0 Å². The molecule has 0 radical (unpaired) electrons. The molecule has 0 amide bonds. The number of nitrogens with one attached hydrogen (secondary N) is 2. The first-order valence-electron chi connectivity index (χ1n) is 16.5. The molecule has 49 heavy (non-hydrogen) atoms. The summed E-state index contributed by atoms with van der Waals surface area (Å²) < 4.78 is 34.0. The molecule has 2 unspecified atom stereocenters. The van der Waals surface area contributed by atoms with Crippen molar-refractivity contribution in [1.82, 2.24) is 19.1 Å². The second-order valence-electron chi connectivity index (χ2n) is 13.9. The summed E-state index contributed by atoms with van der Waals surface area (Å²) in [4.78, 5) is 50.4. The van der Waals surface area contributed by atoms with Gasteiger partial charge in [0.1, 0.15) is 36.6 Å². The molecule has 3 fully saturated rings. The monoisotopic (exact) mass is 730 g/mol. The third-order valence-electron chi connectivity index (χ3n) is 9.41. The Bertz CT molecular complexity index is 1640. The Labute approximate surface area is 284 Å². The normalized spacial score (nSPS) is 31.0. The fourth-order valence-electron chi connectivity index (χ4n) is 6.73. The summed E-state index contributed by atoms with van der Waals surface area (Å²) in [6.07, 6.45) is -5.62. The largest absolute Gasteiger partial charge is 0.414 e. The summed E-state index contributed by atoms with van der Waals surface area (Å²) in [5, 5.41) is 39.3. The van der Waals surface area contributed by atoms with Crippen LogP contribution in [0.3, 0.4) is 0 Å². The van der Waals surface area contributed by atoms with Crippen LogP contribution in [0.4, 0.5) is 0 Å². The van der Waals surface area contributed by atoms with Crippen molar-refractivity contribution < 1.29 is 42.9 Å². The van der Waals surface area contributed by atoms with E-state index in [1.807, 2.05) is 4.98 Å². The molecule has 19 heteroatoms. The molecule has 3 aliphatic rings. The van der Waals surface area contributed by atoms with Crippen LogP contribution in [-0.2, 0) is 22.4 Å². The average Bonchev–Trinajstić information content (AvgIpc) is 3.46. The van der Waals surface area contributed by atoms with Crippen LogP contribution in [-0.4, -0.2) is 106 Å². The Hall–Kier alpha value is -2.57. The molecule has 0 spiro atoms. The number of hydrogen-bond acceptors (Lipinski definition) is 13. The number of aliphatic hydroxyl groups is 4. The number of aromatic amines is 2. The first-order valence-corrected chi connectivity index (χ1v) is 20.4. The average molecular weight is 731 g/mol. The number of aliphatic hydroxyl groups excluding tert-OH is 4. The molecule has 0 aliphatic carbocycles. The standard InChI is InChI=1S/C21H38N2O7Si2.C9H12N2O6/c1-12(2)31(13(3)4)27-11-16-19(29-32(30-31,14(5)6)15(7)8)18(25)20(28-16)23-10-9-17(24)22-21(23)26;12-3-4-6(14)7(15)8(17-4)11-2-1-5(13)10-9(11)16/h9-10,12-16,18-20,25H,11H2,1-8H3,(H,22,24,26);1-2,4,6-8,12,14-15H,3H2,(H,10,13,16)/t16-,18?,19+,20-;4-,6+,7?,8-/m11/s1. The topological polar surface area (TPSA) is 237 Å². The molecule has 6 N–H and O–H groups in total. The van der Waals surface area contributed by atoms with Crippen LogP contribution < -0.4 is 22.5 Å². The first-order chi connectivity index (χ1) is 22.9. The van der Waals surface area contributed by atoms with Crippen LogP contribution in [0.25, 0.3) is 0 Å². The number of rotatable bonds is 7. The molecule has 2 aromatic heterocycles. The lowest BCUT2D eigenvalue weighted by atomic mass is 10.1. The maximum absolute atomic E-state index is 12.4. The van der Waals surface area contributed by atoms with Crippen molar-refractivity contribution in [2.24, 2.45) is 0 Å². The van der Waals surface area contributed by atoms with Crippen molar-refractivity contribution in [3.05, 3.63) is 66.2 Å². The maximum atomic E-state index is 12.4. The highest BCUT2D eigenvalue weighted by atomic mass is 28.5. The molecule has 5 rings (SSSR count). The van der Waals surface area contributed by atoms with E-state index in [0.717, 1.165) is 16.8 Å². The zero-order valence-electron chi connectivity index (χ0n) is 29.0. The highest BCUT2D eigenvalue weighted by molar-refractivity contribution is 6.84. The van der Waals surface area contributed by atoms with E-state index in [0.29, 0.717) is 0 Å². The number of fused-ring (bicyclic) bond motifs is 1. The summed E-state index contributed by atoms with van der Waals surface area (Å²) in [6.45, 7) is 16.7. The fourth-order valence-corrected chi connectivity index (χ4v) is 17.9. The summed E-state index contributed by atoms with van der Waals surface area (Å²) in [7, 11) is -5.63. The van der Waals surface area contributed by atoms with E-state index in [1.54, 1.807) is 0 Å². The van der Waals surface area contributed by atoms with Gasteiger partial charge in [-0.05, 0) is 22.2 Å². The number of nitrogens with zero attached hydrogens (tertiary/aromatic N) is 2. The molecule has 5 heterocycles. The Balaban J connectivity index is 0.000000266. The van der Waals surface area contributed by atoms with Gasteiger partial charge in [0.25, 0.3) is 11.1 Å². The fraction of sp³-hybridized carbons (Fsp3) is 0.733. The van der Waals surface area contributed by atoms with Gasteiger partial charge < -0.3 is 42.9 Å². The van der Waals surface area contributed by atoms with Gasteiger partial charge in [0.15, 0.2) is 12.5 Å². The molecular formula is C30H50N4O13Si2. The van der Waals surface area contributed by atoms with E-state index in [4.69, 9.17) is 27.5 Å². The van der Waals surface area contributed by atoms with Crippen molar-refractivity contribution in [2.45, 2.75) is 127 Å². The van der Waals surface area contributed by atoms with Crippen LogP contribution >= 0.6 is 0 Å². The predicted molar refractivity (Wildman–Crippen MR) is 179 cm³/mol. The minimum absolute atomic E-state index is 0.108. The third-order valence-corrected chi connectivity index (χ3v) is 19.7. The zero-order valence-corrected chi connectivity index (χ0v) is 31.0. The smallest absolute Gasteiger partial charge is 0.335 e. The number of aromatic nitrogens is 4. The zero-order chi connectivity index (χ0) is 36.6. The van der Waals surface area contributed by atoms with Gasteiger partial charge in [-0.3, -0.25) is 28.7 Å². The van der Waals surface area contributed by atoms with E-state index < -0.39 is 95.3 Å². The van der Waals surface area contributed by atoms with E-state index in [1.165, 1.54) is 16.8 Å². The van der Waals surface area contributed by atoms with Crippen molar-refractivity contribution in [3.63, 3.8) is 0 Å². The van der Waals surface area contributed by atoms with E-state index in [9.17, 15) is 34.5 Å². The summed E-state index contributed by atoms with van der Waals surface area (Å²) in [5.74, 6) is 0. The van der Waals surface area contributed by atoms with E-state index in [2.05, 4.69) is 60.4 Å². The summed E-state index contributed by atoms with van der Waals surface area (Å²) in [6, 6.07) is 2.32. The molecule has 17 nitrogen and oxygen atoms in total. The van der Waals surface area contributed by atoms with Crippen molar-refractivity contribution >= 4 is 17.1 Å². The SMILES string of the molecule is CC(C)[Si]1(C(C)C)OC[C@H]2O[C@@H](n3ccc(=O)[nH]c3=O)C(O)[C@H]2O[Si](C(C)C)(C(C)C)O1.O=c1ccn([C@@H]2O[C@H](CO)[C@H](O)C2O)c(=O)[nH]1. The Morgan fingerprint density at radius 1 is 0.735 bits per heavy atom. The molecule has 3 aliphatic heterocycles. The maximum Gasteiger partial charge on any atom is 0.335 e. The highest BCUT2D eigenvalue weighted by Gasteiger charge is 2.61. The van der Waals surface area contributed by atoms with Gasteiger partial charge in [-0.2, -0.15) is 0 Å². The van der Waals surface area contributed by atoms with Crippen LogP contribution in [0.5, 0.6) is 0 Å². The van der Waals surface area contributed by atoms with Gasteiger partial charge in [0, 0.05) is 24.5 Å². The molecular weight excluding hydrogens is 681 g/mol. The number of ether oxygens (including phenoxy) is 2.